The summed E-state index contributed by atoms with van der Waals surface area (Å²) in [4.78, 5) is 2.37. The summed E-state index contributed by atoms with van der Waals surface area (Å²) >= 11 is 0. The van der Waals surface area contributed by atoms with Crippen molar-refractivity contribution in [2.45, 2.75) is 60.8 Å². The van der Waals surface area contributed by atoms with Gasteiger partial charge in [0.25, 0.3) is 0 Å². The van der Waals surface area contributed by atoms with E-state index in [1.807, 2.05) is 90.3 Å². The highest BCUT2D eigenvalue weighted by Crippen LogP contribution is 2.50. The van der Waals surface area contributed by atoms with Gasteiger partial charge in [-0.25, -0.2) is 0 Å². The van der Waals surface area contributed by atoms with Gasteiger partial charge in [0.05, 0.1) is 11.2 Å². The fourth-order valence-corrected chi connectivity index (χ4v) is 7.09. The predicted octanol–water partition coefficient (Wildman–Crippen LogP) is 14.3. The van der Waals surface area contributed by atoms with Gasteiger partial charge in [-0.15, -0.1) is 0 Å². The van der Waals surface area contributed by atoms with Crippen molar-refractivity contribution >= 4 is 39.6 Å². The Bertz CT molecular complexity index is 2350. The van der Waals surface area contributed by atoms with E-state index >= 15 is 0 Å². The topological polar surface area (TPSA) is 58.2 Å². The minimum absolute atomic E-state index is 0.822. The summed E-state index contributed by atoms with van der Waals surface area (Å²) in [6.07, 6.45) is 12.1. The first kappa shape index (κ1) is 46.3. The molecule has 0 spiro atoms. The standard InChI is InChI=1S/C36H30N2.C7H8.C6H7N.C2H8N2.2C2H6/c1-25-13-11-19-29(23-25)37-22-12-14-26(2)31-24-32-30-20-9-10-21-33(30)38(28-17-7-4-8-18-28)36(32)34(35(31)37)27-15-5-3-6-16-27;1-7-5-3-2-4-6-7;7-6-4-2-1-3-5-6;1-3-4-2;2*1-2/h3-8,10-13,15-19,21-24H,2,9,14,20H2,1H3;2-6H,1H3;1-5H,7H2;3-4H,1-2H3;2*1-2H3. The summed E-state index contributed by atoms with van der Waals surface area (Å²) in [7, 11) is 3.64. The van der Waals surface area contributed by atoms with Gasteiger partial charge in [-0.2, -0.15) is 0 Å². The van der Waals surface area contributed by atoms with E-state index in [0.29, 0.717) is 0 Å². The Morgan fingerprint density at radius 3 is 1.70 bits per heavy atom. The molecule has 2 aliphatic rings. The largest absolute Gasteiger partial charge is 0.399 e. The van der Waals surface area contributed by atoms with Crippen LogP contribution in [0, 0.1) is 13.8 Å². The Labute approximate surface area is 360 Å². The average molecular weight is 796 g/mol. The molecule has 0 atom stereocenters. The molecule has 0 unspecified atom stereocenters. The Morgan fingerprint density at radius 2 is 1.17 bits per heavy atom. The summed E-state index contributed by atoms with van der Waals surface area (Å²) < 4.78 is 2.48. The number of nitrogen functional groups attached to an aromatic ring is 1. The lowest BCUT2D eigenvalue weighted by atomic mass is 9.90. The molecule has 5 heteroatoms. The van der Waals surface area contributed by atoms with Crippen LogP contribution in [0.5, 0.6) is 0 Å². The van der Waals surface area contributed by atoms with E-state index in [4.69, 9.17) is 5.73 Å². The van der Waals surface area contributed by atoms with Crippen molar-refractivity contribution < 1.29 is 0 Å². The van der Waals surface area contributed by atoms with Crippen LogP contribution in [-0.4, -0.2) is 18.7 Å². The van der Waals surface area contributed by atoms with Crippen molar-refractivity contribution in [3.8, 4) is 16.8 Å². The lowest BCUT2D eigenvalue weighted by molar-refractivity contribution is 0.689. The molecule has 1 aliphatic carbocycles. The summed E-state index contributed by atoms with van der Waals surface area (Å²) in [6, 6.07) is 52.7. The Kier molecular flexibility index (Phi) is 18.9. The first-order valence-electron chi connectivity index (χ1n) is 21.3. The van der Waals surface area contributed by atoms with E-state index in [-0.39, 0.29) is 0 Å². The molecule has 0 fully saturated rings. The molecule has 0 saturated heterocycles. The molecule has 0 saturated carbocycles. The predicted molar refractivity (Wildman–Crippen MR) is 265 cm³/mol. The fraction of sp³-hybridized carbons (Fsp3) is 0.200. The second-order valence-corrected chi connectivity index (χ2v) is 13.9. The van der Waals surface area contributed by atoms with Crippen molar-refractivity contribution in [1.82, 2.24) is 15.4 Å². The SMILES string of the molecule is C=C1CC=CN(c2cccc(C)c2)c2c1cc1c3c(n(-c4ccccc4)c1c2-c1ccccc1)C=CCC3.CC.CC.CNNC.Cc1ccccc1.Nc1ccccc1. The molecule has 1 aliphatic heterocycles. The lowest BCUT2D eigenvalue weighted by Gasteiger charge is -2.27. The van der Waals surface area contributed by atoms with E-state index in [1.54, 1.807) is 0 Å². The van der Waals surface area contributed by atoms with Crippen molar-refractivity contribution in [3.63, 3.8) is 0 Å². The molecule has 9 rings (SSSR count). The number of aromatic nitrogens is 1. The number of rotatable bonds is 4. The highest BCUT2D eigenvalue weighted by atomic mass is 15.3. The van der Waals surface area contributed by atoms with Gasteiger partial charge >= 0.3 is 0 Å². The van der Waals surface area contributed by atoms with E-state index in [1.165, 1.54) is 61.4 Å². The molecule has 6 aromatic carbocycles. The monoisotopic (exact) mass is 796 g/mol. The number of para-hydroxylation sites is 2. The third-order valence-corrected chi connectivity index (χ3v) is 9.80. The normalized spacial score (nSPS) is 11.9. The quantitative estimate of drug-likeness (QED) is 0.123. The highest BCUT2D eigenvalue weighted by molar-refractivity contribution is 6.10. The number of nitrogens with one attached hydrogen (secondary N) is 2. The molecule has 0 bridgehead atoms. The van der Waals surface area contributed by atoms with Crippen LogP contribution in [-0.2, 0) is 6.42 Å². The number of benzene rings is 6. The Balaban J connectivity index is 0.000000296. The van der Waals surface area contributed by atoms with Crippen LogP contribution in [0.2, 0.25) is 0 Å². The zero-order valence-corrected chi connectivity index (χ0v) is 37.0. The molecule has 5 nitrogen and oxygen atoms in total. The van der Waals surface area contributed by atoms with Gasteiger partial charge in [-0.05, 0) is 118 Å². The molecule has 310 valence electrons. The minimum Gasteiger partial charge on any atom is -0.399 e. The maximum Gasteiger partial charge on any atom is 0.0637 e. The number of hydrogen-bond donors (Lipinski definition) is 3. The fourth-order valence-electron chi connectivity index (χ4n) is 7.09. The van der Waals surface area contributed by atoms with Crippen LogP contribution in [0.3, 0.4) is 0 Å². The maximum atomic E-state index is 5.36. The van der Waals surface area contributed by atoms with Gasteiger partial charge in [0.1, 0.15) is 0 Å². The Morgan fingerprint density at radius 1 is 0.617 bits per heavy atom. The number of nitrogens with zero attached hydrogens (tertiary/aromatic N) is 2. The molecule has 7 aromatic rings. The zero-order chi connectivity index (χ0) is 43.3. The van der Waals surface area contributed by atoms with Gasteiger partial charge in [-0.1, -0.05) is 161 Å². The number of hydrogen-bond acceptors (Lipinski definition) is 4. The second kappa shape index (κ2) is 24.5. The minimum atomic E-state index is 0.822. The smallest absolute Gasteiger partial charge is 0.0637 e. The molecule has 0 amide bonds. The van der Waals surface area contributed by atoms with Crippen molar-refractivity contribution in [2.24, 2.45) is 0 Å². The third kappa shape index (κ3) is 11.8. The van der Waals surface area contributed by atoms with E-state index in [2.05, 4.69) is 168 Å². The number of hydrazine groups is 1. The van der Waals surface area contributed by atoms with Crippen LogP contribution < -0.4 is 21.5 Å². The van der Waals surface area contributed by atoms with E-state index in [0.717, 1.165) is 36.2 Å². The average Bonchev–Trinajstić information content (AvgIpc) is 3.54. The van der Waals surface area contributed by atoms with Crippen LogP contribution in [0.1, 0.15) is 68.5 Å². The van der Waals surface area contributed by atoms with Gasteiger partial charge in [0.2, 0.25) is 0 Å². The number of nitrogens with two attached hydrogens (primary N) is 1. The number of fused-ring (bicyclic) bond motifs is 4. The van der Waals surface area contributed by atoms with Gasteiger partial charge in [0.15, 0.2) is 0 Å². The summed E-state index contributed by atoms with van der Waals surface area (Å²) in [6.45, 7) is 16.8. The zero-order valence-electron chi connectivity index (χ0n) is 37.0. The van der Waals surface area contributed by atoms with Gasteiger partial charge < -0.3 is 15.2 Å². The van der Waals surface area contributed by atoms with E-state index in [9.17, 15) is 0 Å². The molecule has 4 N–H and O–H groups in total. The third-order valence-electron chi connectivity index (χ3n) is 9.80. The first-order chi connectivity index (χ1) is 29.4. The summed E-state index contributed by atoms with van der Waals surface area (Å²) in [5, 5.41) is 1.33. The highest BCUT2D eigenvalue weighted by Gasteiger charge is 2.29. The van der Waals surface area contributed by atoms with Crippen molar-refractivity contribution in [1.29, 1.82) is 0 Å². The van der Waals surface area contributed by atoms with Crippen molar-refractivity contribution in [2.75, 3.05) is 24.7 Å². The van der Waals surface area contributed by atoms with Gasteiger partial charge in [0, 0.05) is 45.5 Å². The lowest BCUT2D eigenvalue weighted by Crippen LogP contribution is -2.21. The molecule has 60 heavy (non-hydrogen) atoms. The van der Waals surface area contributed by atoms with Crippen molar-refractivity contribution in [3.05, 3.63) is 205 Å². The van der Waals surface area contributed by atoms with Crippen LogP contribution in [0.4, 0.5) is 17.1 Å². The summed E-state index contributed by atoms with van der Waals surface area (Å²) in [5.41, 5.74) is 26.5. The van der Waals surface area contributed by atoms with E-state index < -0.39 is 0 Å². The number of allylic oxidation sites excluding steroid dienone is 3. The van der Waals surface area contributed by atoms with Crippen LogP contribution in [0.25, 0.3) is 39.4 Å². The molecular formula is C55H65N5. The maximum absolute atomic E-state index is 5.36. The molecule has 2 heterocycles. The second-order valence-electron chi connectivity index (χ2n) is 13.9. The first-order valence-corrected chi connectivity index (χ1v) is 21.3. The summed E-state index contributed by atoms with van der Waals surface area (Å²) in [5.74, 6) is 0. The number of anilines is 3. The molecule has 1 aromatic heterocycles. The van der Waals surface area contributed by atoms with Gasteiger partial charge in [-0.3, -0.25) is 10.9 Å². The van der Waals surface area contributed by atoms with Crippen LogP contribution >= 0.6 is 0 Å². The van der Waals surface area contributed by atoms with Crippen LogP contribution in [0.15, 0.2) is 177 Å². The Hall–Kier alpha value is -6.40. The molecular weight excluding hydrogens is 731 g/mol. The molecule has 0 radical (unpaired) electrons. The number of aryl methyl sites for hydroxylation is 3.